The lowest BCUT2D eigenvalue weighted by molar-refractivity contribution is 0.631. The summed E-state index contributed by atoms with van der Waals surface area (Å²) in [6.45, 7) is 0.908. The molecule has 4 rings (SSSR count). The summed E-state index contributed by atoms with van der Waals surface area (Å²) in [5, 5.41) is 0.679. The van der Waals surface area contributed by atoms with Crippen molar-refractivity contribution < 1.29 is 0 Å². The summed E-state index contributed by atoms with van der Waals surface area (Å²) in [4.78, 5) is 20.5. The van der Waals surface area contributed by atoms with Crippen LogP contribution in [0.2, 0.25) is 5.02 Å². The molecule has 0 N–H and O–H groups in total. The van der Waals surface area contributed by atoms with Crippen molar-refractivity contribution >= 4 is 22.6 Å². The van der Waals surface area contributed by atoms with Gasteiger partial charge in [0.15, 0.2) is 5.52 Å². The monoisotopic (exact) mass is 311 g/mol. The third-order valence-electron chi connectivity index (χ3n) is 3.99. The van der Waals surface area contributed by atoms with Gasteiger partial charge in [-0.3, -0.25) is 4.79 Å². The van der Waals surface area contributed by atoms with Gasteiger partial charge >= 0.3 is 0 Å². The molecular weight excluding hydrogens is 298 g/mol. The topological polar surface area (TPSA) is 47.8 Å². The van der Waals surface area contributed by atoms with Crippen LogP contribution in [0.25, 0.3) is 22.3 Å². The third-order valence-corrected chi connectivity index (χ3v) is 4.24. The standard InChI is InChI=1S/C17H14ClN3O/c18-13-5-3-12(4-6-13)14-7-8-15-16(20-14)17(22)19-10-21(15)9-11-1-2-11/h3-8,10-11H,1-2,9H2. The summed E-state index contributed by atoms with van der Waals surface area (Å²) >= 11 is 5.91. The summed E-state index contributed by atoms with van der Waals surface area (Å²) < 4.78 is 2.03. The van der Waals surface area contributed by atoms with Crippen LogP contribution in [0.1, 0.15) is 12.8 Å². The molecule has 0 spiro atoms. The molecule has 0 saturated heterocycles. The van der Waals surface area contributed by atoms with Crippen LogP contribution >= 0.6 is 11.6 Å². The van der Waals surface area contributed by atoms with Crippen molar-refractivity contribution in [2.75, 3.05) is 0 Å². The maximum absolute atomic E-state index is 12.1. The molecule has 1 aliphatic rings. The normalized spacial score (nSPS) is 14.4. The Morgan fingerprint density at radius 3 is 2.64 bits per heavy atom. The van der Waals surface area contributed by atoms with Crippen molar-refractivity contribution in [3.05, 3.63) is 58.1 Å². The second kappa shape index (κ2) is 5.21. The maximum Gasteiger partial charge on any atom is 0.299 e. The van der Waals surface area contributed by atoms with Crippen molar-refractivity contribution in [2.24, 2.45) is 5.92 Å². The summed E-state index contributed by atoms with van der Waals surface area (Å²) in [5.41, 5.74) is 2.69. The Morgan fingerprint density at radius 1 is 1.14 bits per heavy atom. The van der Waals surface area contributed by atoms with Gasteiger partial charge in [0.05, 0.1) is 17.5 Å². The van der Waals surface area contributed by atoms with E-state index in [1.54, 1.807) is 6.33 Å². The highest BCUT2D eigenvalue weighted by atomic mass is 35.5. The first-order valence-corrected chi connectivity index (χ1v) is 7.70. The van der Waals surface area contributed by atoms with Gasteiger partial charge in [0.2, 0.25) is 0 Å². The molecule has 1 aliphatic carbocycles. The van der Waals surface area contributed by atoms with Gasteiger partial charge in [0.1, 0.15) is 0 Å². The van der Waals surface area contributed by atoms with E-state index < -0.39 is 0 Å². The quantitative estimate of drug-likeness (QED) is 0.743. The Bertz CT molecular complexity index is 898. The number of pyridine rings is 1. The van der Waals surface area contributed by atoms with Crippen LogP contribution in [0.5, 0.6) is 0 Å². The number of fused-ring (bicyclic) bond motifs is 1. The van der Waals surface area contributed by atoms with E-state index in [1.807, 2.05) is 41.0 Å². The largest absolute Gasteiger partial charge is 0.330 e. The minimum absolute atomic E-state index is 0.280. The minimum atomic E-state index is -0.280. The predicted molar refractivity (Wildman–Crippen MR) is 87.0 cm³/mol. The molecule has 0 unspecified atom stereocenters. The molecule has 4 nitrogen and oxygen atoms in total. The second-order valence-corrected chi connectivity index (χ2v) is 6.15. The Kier molecular flexibility index (Phi) is 3.19. The van der Waals surface area contributed by atoms with Gasteiger partial charge in [0, 0.05) is 17.1 Å². The fourth-order valence-corrected chi connectivity index (χ4v) is 2.72. The number of hydrogen-bond acceptors (Lipinski definition) is 3. The van der Waals surface area contributed by atoms with Crippen molar-refractivity contribution in [1.82, 2.24) is 14.5 Å². The van der Waals surface area contributed by atoms with Gasteiger partial charge in [-0.15, -0.1) is 0 Å². The number of aromatic nitrogens is 3. The van der Waals surface area contributed by atoms with E-state index in [0.29, 0.717) is 16.5 Å². The Hall–Kier alpha value is -2.20. The second-order valence-electron chi connectivity index (χ2n) is 5.72. The molecule has 5 heteroatoms. The van der Waals surface area contributed by atoms with Crippen molar-refractivity contribution in [3.63, 3.8) is 0 Å². The molecule has 110 valence electrons. The molecule has 1 saturated carbocycles. The molecule has 0 radical (unpaired) electrons. The molecule has 0 aliphatic heterocycles. The number of rotatable bonds is 3. The Morgan fingerprint density at radius 2 is 1.91 bits per heavy atom. The summed E-state index contributed by atoms with van der Waals surface area (Å²) in [5.74, 6) is 0.712. The first-order valence-electron chi connectivity index (χ1n) is 7.33. The highest BCUT2D eigenvalue weighted by Gasteiger charge is 2.22. The summed E-state index contributed by atoms with van der Waals surface area (Å²) in [6, 6.07) is 11.3. The molecule has 2 aromatic heterocycles. The first-order chi connectivity index (χ1) is 10.7. The molecule has 0 amide bonds. The molecule has 1 aromatic carbocycles. The van der Waals surface area contributed by atoms with Crippen LogP contribution in [-0.2, 0) is 6.54 Å². The average molecular weight is 312 g/mol. The van der Waals surface area contributed by atoms with E-state index in [9.17, 15) is 4.79 Å². The van der Waals surface area contributed by atoms with Crippen molar-refractivity contribution in [3.8, 4) is 11.3 Å². The molecule has 1 fully saturated rings. The van der Waals surface area contributed by atoms with Crippen LogP contribution in [-0.4, -0.2) is 14.5 Å². The van der Waals surface area contributed by atoms with Gasteiger partial charge in [-0.05, 0) is 43.0 Å². The van der Waals surface area contributed by atoms with Gasteiger partial charge < -0.3 is 4.57 Å². The highest BCUT2D eigenvalue weighted by Crippen LogP contribution is 2.31. The number of benzene rings is 1. The average Bonchev–Trinajstić information content (AvgIpc) is 3.35. The fraction of sp³-hybridized carbons (Fsp3) is 0.235. The van der Waals surface area contributed by atoms with E-state index in [1.165, 1.54) is 12.8 Å². The van der Waals surface area contributed by atoms with E-state index in [0.717, 1.165) is 23.3 Å². The number of hydrogen-bond donors (Lipinski definition) is 0. The van der Waals surface area contributed by atoms with Crippen LogP contribution in [0.4, 0.5) is 0 Å². The van der Waals surface area contributed by atoms with E-state index >= 15 is 0 Å². The van der Waals surface area contributed by atoms with E-state index in [4.69, 9.17) is 11.6 Å². The Balaban J connectivity index is 1.84. The van der Waals surface area contributed by atoms with Gasteiger partial charge in [-0.1, -0.05) is 23.7 Å². The minimum Gasteiger partial charge on any atom is -0.330 e. The fourth-order valence-electron chi connectivity index (χ4n) is 2.59. The Labute approximate surface area is 132 Å². The molecule has 0 atom stereocenters. The zero-order valence-corrected chi connectivity index (χ0v) is 12.6. The van der Waals surface area contributed by atoms with E-state index in [2.05, 4.69) is 9.97 Å². The maximum atomic E-state index is 12.1. The lowest BCUT2D eigenvalue weighted by Gasteiger charge is -2.10. The highest BCUT2D eigenvalue weighted by molar-refractivity contribution is 6.30. The zero-order chi connectivity index (χ0) is 15.1. The summed E-state index contributed by atoms with van der Waals surface area (Å²) in [7, 11) is 0. The molecule has 22 heavy (non-hydrogen) atoms. The predicted octanol–water partition coefficient (Wildman–Crippen LogP) is 3.52. The smallest absolute Gasteiger partial charge is 0.299 e. The van der Waals surface area contributed by atoms with Crippen LogP contribution in [0.15, 0.2) is 47.5 Å². The number of nitrogens with zero attached hydrogens (tertiary/aromatic N) is 3. The SMILES string of the molecule is O=c1ncn(CC2CC2)c2ccc(-c3ccc(Cl)cc3)nc12. The van der Waals surface area contributed by atoms with Crippen LogP contribution in [0.3, 0.4) is 0 Å². The first kappa shape index (κ1) is 13.5. The molecular formula is C17H14ClN3O. The van der Waals surface area contributed by atoms with Crippen molar-refractivity contribution in [2.45, 2.75) is 19.4 Å². The van der Waals surface area contributed by atoms with Gasteiger partial charge in [0.25, 0.3) is 5.56 Å². The van der Waals surface area contributed by atoms with Gasteiger partial charge in [-0.25, -0.2) is 4.98 Å². The van der Waals surface area contributed by atoms with Crippen molar-refractivity contribution in [1.29, 1.82) is 0 Å². The molecule has 0 bridgehead atoms. The van der Waals surface area contributed by atoms with Crippen LogP contribution in [0, 0.1) is 5.92 Å². The van der Waals surface area contributed by atoms with Crippen LogP contribution < -0.4 is 5.56 Å². The molecule has 2 heterocycles. The van der Waals surface area contributed by atoms with Gasteiger partial charge in [-0.2, -0.15) is 4.98 Å². The lowest BCUT2D eigenvalue weighted by atomic mass is 10.1. The number of halogens is 1. The zero-order valence-electron chi connectivity index (χ0n) is 11.9. The third kappa shape index (κ3) is 2.50. The lowest BCUT2D eigenvalue weighted by Crippen LogP contribution is -2.14. The summed E-state index contributed by atoms with van der Waals surface area (Å²) in [6.07, 6.45) is 4.14. The molecule has 3 aromatic rings. The van der Waals surface area contributed by atoms with E-state index in [-0.39, 0.29) is 5.56 Å².